The van der Waals surface area contributed by atoms with Crippen molar-refractivity contribution in [2.45, 2.75) is 238 Å². The smallest absolute Gasteiger partial charge is 0.462 e. The van der Waals surface area contributed by atoms with Crippen molar-refractivity contribution in [2.24, 2.45) is 5.73 Å². The Bertz CT molecular complexity index is 1140. The topological polar surface area (TPSA) is 134 Å². The molecule has 9 nitrogen and oxygen atoms in total. The maximum absolute atomic E-state index is 12.6. The van der Waals surface area contributed by atoms with E-state index >= 15 is 0 Å². The van der Waals surface area contributed by atoms with Gasteiger partial charge in [0.2, 0.25) is 0 Å². The van der Waals surface area contributed by atoms with E-state index in [-0.39, 0.29) is 32.6 Å². The predicted octanol–water partition coefficient (Wildman–Crippen LogP) is 15.1. The highest BCUT2D eigenvalue weighted by molar-refractivity contribution is 7.47. The molecular formula is C51H94NO8P. The number of esters is 2. The highest BCUT2D eigenvalue weighted by Gasteiger charge is 2.26. The Labute approximate surface area is 375 Å². The SMILES string of the molecule is CCCCCCCC/C=C/C/C=C/C/C=C/CCCC(=O)O[C@@H](COC(=O)CCC/C=C/CCCCCCCCCCCCCCCCCCCC)COP(=O)(O)OCCN. The van der Waals surface area contributed by atoms with Crippen LogP contribution in [0, 0.1) is 0 Å². The van der Waals surface area contributed by atoms with Gasteiger partial charge < -0.3 is 20.1 Å². The highest BCUT2D eigenvalue weighted by Crippen LogP contribution is 2.43. The molecule has 0 radical (unpaired) electrons. The Kier molecular flexibility index (Phi) is 45.9. The predicted molar refractivity (Wildman–Crippen MR) is 257 cm³/mol. The van der Waals surface area contributed by atoms with E-state index < -0.39 is 32.5 Å². The molecule has 0 aromatic heterocycles. The van der Waals surface area contributed by atoms with Crippen LogP contribution in [-0.4, -0.2) is 49.3 Å². The number of nitrogens with two attached hydrogens (primary N) is 1. The summed E-state index contributed by atoms with van der Waals surface area (Å²) in [5, 5.41) is 0. The molecule has 0 aliphatic rings. The van der Waals surface area contributed by atoms with Crippen LogP contribution in [0.3, 0.4) is 0 Å². The number of carbonyl (C=O) groups is 2. The van der Waals surface area contributed by atoms with E-state index in [4.69, 9.17) is 24.3 Å². The molecule has 0 aromatic carbocycles. The zero-order valence-corrected chi connectivity index (χ0v) is 40.3. The van der Waals surface area contributed by atoms with Gasteiger partial charge in [-0.2, -0.15) is 0 Å². The molecule has 2 atom stereocenters. The molecule has 0 rings (SSSR count). The van der Waals surface area contributed by atoms with Gasteiger partial charge in [-0.05, 0) is 64.2 Å². The summed E-state index contributed by atoms with van der Waals surface area (Å²) in [6.07, 6.45) is 56.0. The molecule has 0 amide bonds. The van der Waals surface area contributed by atoms with Gasteiger partial charge in [0.15, 0.2) is 6.10 Å². The zero-order valence-electron chi connectivity index (χ0n) is 39.4. The maximum Gasteiger partial charge on any atom is 0.472 e. The van der Waals surface area contributed by atoms with Crippen LogP contribution in [0.5, 0.6) is 0 Å². The molecule has 61 heavy (non-hydrogen) atoms. The summed E-state index contributed by atoms with van der Waals surface area (Å²) in [5.41, 5.74) is 5.35. The molecule has 0 fully saturated rings. The Balaban J connectivity index is 4.12. The van der Waals surface area contributed by atoms with Crippen molar-refractivity contribution in [3.63, 3.8) is 0 Å². The molecule has 0 saturated carbocycles. The zero-order chi connectivity index (χ0) is 44.6. The van der Waals surface area contributed by atoms with E-state index in [1.807, 2.05) is 6.08 Å². The lowest BCUT2D eigenvalue weighted by atomic mass is 10.0. The van der Waals surface area contributed by atoms with E-state index in [1.165, 1.54) is 154 Å². The monoisotopic (exact) mass is 880 g/mol. The third-order valence-corrected chi connectivity index (χ3v) is 11.7. The minimum Gasteiger partial charge on any atom is -0.462 e. The molecule has 0 spiro atoms. The average molecular weight is 880 g/mol. The van der Waals surface area contributed by atoms with Crippen molar-refractivity contribution in [2.75, 3.05) is 26.4 Å². The summed E-state index contributed by atoms with van der Waals surface area (Å²) in [6, 6.07) is 0. The van der Waals surface area contributed by atoms with Gasteiger partial charge in [0.05, 0.1) is 13.2 Å². The second-order valence-corrected chi connectivity index (χ2v) is 18.1. The normalized spacial score (nSPS) is 13.6. The molecule has 3 N–H and O–H groups in total. The van der Waals surface area contributed by atoms with Crippen molar-refractivity contribution < 1.29 is 37.6 Å². The van der Waals surface area contributed by atoms with Gasteiger partial charge in [-0.25, -0.2) is 4.57 Å². The van der Waals surface area contributed by atoms with E-state index in [1.54, 1.807) is 0 Å². The molecule has 10 heteroatoms. The van der Waals surface area contributed by atoms with Gasteiger partial charge in [-0.3, -0.25) is 18.6 Å². The molecule has 356 valence electrons. The van der Waals surface area contributed by atoms with Gasteiger partial charge in [-0.1, -0.05) is 204 Å². The van der Waals surface area contributed by atoms with Crippen LogP contribution in [-0.2, 0) is 32.7 Å². The standard InChI is InChI=1S/C51H94NO8P/c1-3-5-7-9-11-13-15-17-19-21-22-23-24-25-26-28-29-31-33-35-37-39-41-43-50(53)57-47-49(48-59-61(55,56)58-46-45-52)60-51(54)44-42-40-38-36-34-32-30-27-20-18-16-14-12-10-8-6-4-2/h18,20,30,32,35-38,49H,3-17,19,21-29,31,33-34,39-48,52H2,1-2H3,(H,55,56)/b20-18+,32-30+,37-35+,38-36+/t49-/m0/s1. The Morgan fingerprint density at radius 1 is 0.492 bits per heavy atom. The first kappa shape index (κ1) is 59.0. The number of phosphoric ester groups is 1. The molecule has 0 aliphatic carbocycles. The first-order valence-corrected chi connectivity index (χ1v) is 26.6. The number of rotatable bonds is 47. The van der Waals surface area contributed by atoms with Crippen molar-refractivity contribution >= 4 is 19.8 Å². The van der Waals surface area contributed by atoms with Crippen molar-refractivity contribution in [1.29, 1.82) is 0 Å². The van der Waals surface area contributed by atoms with Crippen LogP contribution < -0.4 is 5.73 Å². The number of hydrogen-bond donors (Lipinski definition) is 2. The van der Waals surface area contributed by atoms with E-state index in [9.17, 15) is 19.0 Å². The molecule has 0 bridgehead atoms. The van der Waals surface area contributed by atoms with Crippen molar-refractivity contribution in [3.8, 4) is 0 Å². The third-order valence-electron chi connectivity index (χ3n) is 10.7. The van der Waals surface area contributed by atoms with E-state index in [2.05, 4.69) is 56.4 Å². The fourth-order valence-electron chi connectivity index (χ4n) is 6.95. The first-order valence-electron chi connectivity index (χ1n) is 25.1. The lowest BCUT2D eigenvalue weighted by molar-refractivity contribution is -0.161. The van der Waals surface area contributed by atoms with E-state index in [0.29, 0.717) is 19.3 Å². The largest absolute Gasteiger partial charge is 0.472 e. The lowest BCUT2D eigenvalue weighted by Gasteiger charge is -2.19. The number of allylic oxidation sites excluding steroid dienone is 8. The van der Waals surface area contributed by atoms with Crippen LogP contribution in [0.4, 0.5) is 0 Å². The van der Waals surface area contributed by atoms with Crippen molar-refractivity contribution in [3.05, 3.63) is 48.6 Å². The summed E-state index contributed by atoms with van der Waals surface area (Å²) < 4.78 is 32.8. The Morgan fingerprint density at radius 3 is 1.28 bits per heavy atom. The van der Waals surface area contributed by atoms with Gasteiger partial charge in [0.1, 0.15) is 6.61 Å². The minimum atomic E-state index is -4.40. The summed E-state index contributed by atoms with van der Waals surface area (Å²) >= 11 is 0. The number of phosphoric acid groups is 1. The summed E-state index contributed by atoms with van der Waals surface area (Å²) in [4.78, 5) is 34.9. The molecule has 0 aliphatic heterocycles. The molecule has 0 saturated heterocycles. The molecule has 0 heterocycles. The third kappa shape index (κ3) is 47.3. The fourth-order valence-corrected chi connectivity index (χ4v) is 7.72. The van der Waals surface area contributed by atoms with Gasteiger partial charge >= 0.3 is 19.8 Å². The molecular weight excluding hydrogens is 786 g/mol. The second kappa shape index (κ2) is 47.4. The Hall–Kier alpha value is -2.03. The van der Waals surface area contributed by atoms with Crippen molar-refractivity contribution in [1.82, 2.24) is 0 Å². The summed E-state index contributed by atoms with van der Waals surface area (Å²) in [7, 11) is -4.40. The van der Waals surface area contributed by atoms with Crippen LogP contribution in [0.25, 0.3) is 0 Å². The quantitative estimate of drug-likeness (QED) is 0.0265. The average Bonchev–Trinajstić information content (AvgIpc) is 3.25. The number of carbonyl (C=O) groups excluding carboxylic acids is 2. The van der Waals surface area contributed by atoms with Crippen LogP contribution in [0.1, 0.15) is 232 Å². The summed E-state index contributed by atoms with van der Waals surface area (Å²) in [5.74, 6) is -0.922. The number of unbranched alkanes of at least 4 members (excludes halogenated alkanes) is 26. The lowest BCUT2D eigenvalue weighted by Crippen LogP contribution is -2.29. The van der Waals surface area contributed by atoms with Gasteiger partial charge in [0, 0.05) is 19.4 Å². The Morgan fingerprint density at radius 2 is 0.852 bits per heavy atom. The number of ether oxygens (including phenoxy) is 2. The maximum atomic E-state index is 12.6. The molecule has 1 unspecified atom stereocenters. The van der Waals surface area contributed by atoms with Gasteiger partial charge in [0.25, 0.3) is 0 Å². The summed E-state index contributed by atoms with van der Waals surface area (Å²) in [6.45, 7) is 3.66. The van der Waals surface area contributed by atoms with Gasteiger partial charge in [-0.15, -0.1) is 0 Å². The fraction of sp³-hybridized carbons (Fsp3) is 0.804. The number of hydrogen-bond acceptors (Lipinski definition) is 8. The van der Waals surface area contributed by atoms with E-state index in [0.717, 1.165) is 32.1 Å². The molecule has 0 aromatic rings. The first-order chi connectivity index (χ1) is 29.8. The minimum absolute atomic E-state index is 0.0418. The second-order valence-electron chi connectivity index (χ2n) is 16.7. The highest BCUT2D eigenvalue weighted by atomic mass is 31.2. The van der Waals surface area contributed by atoms with Crippen LogP contribution >= 0.6 is 7.82 Å². The van der Waals surface area contributed by atoms with Crippen LogP contribution in [0.2, 0.25) is 0 Å². The van der Waals surface area contributed by atoms with Crippen LogP contribution in [0.15, 0.2) is 48.6 Å².